The first-order valence-corrected chi connectivity index (χ1v) is 9.28. The van der Waals surface area contributed by atoms with Gasteiger partial charge in [-0.15, -0.1) is 0 Å². The van der Waals surface area contributed by atoms with Crippen LogP contribution in [-0.2, 0) is 4.79 Å². The van der Waals surface area contributed by atoms with Gasteiger partial charge in [-0.2, -0.15) is 5.10 Å². The number of rotatable bonds is 7. The minimum Gasteiger partial charge on any atom is -0.272 e. The molecule has 0 saturated heterocycles. The zero-order valence-electron chi connectivity index (χ0n) is 15.1. The van der Waals surface area contributed by atoms with Crippen molar-refractivity contribution in [1.29, 1.82) is 0 Å². The van der Waals surface area contributed by atoms with Crippen molar-refractivity contribution in [3.05, 3.63) is 53.3 Å². The van der Waals surface area contributed by atoms with E-state index >= 15 is 0 Å². The SMILES string of the molecule is Cc1cc(C)nc(SCC(=O)N/N=C(\CC(C)C)c2ccccc2)n1. The van der Waals surface area contributed by atoms with Crippen LogP contribution < -0.4 is 5.43 Å². The average Bonchev–Trinajstić information content (AvgIpc) is 2.56. The molecule has 1 N–H and O–H groups in total. The highest BCUT2D eigenvalue weighted by Gasteiger charge is 2.09. The standard InChI is InChI=1S/C19H24N4OS/c1-13(2)10-17(16-8-6-5-7-9-16)22-23-18(24)12-25-19-20-14(3)11-15(4)21-19/h5-9,11,13H,10,12H2,1-4H3,(H,23,24)/b22-17+. The lowest BCUT2D eigenvalue weighted by Gasteiger charge is -2.10. The van der Waals surface area contributed by atoms with E-state index in [1.54, 1.807) is 0 Å². The number of carbonyl (C=O) groups is 1. The highest BCUT2D eigenvalue weighted by molar-refractivity contribution is 7.99. The van der Waals surface area contributed by atoms with Crippen LogP contribution in [0.1, 0.15) is 37.2 Å². The Balaban J connectivity index is 1.98. The van der Waals surface area contributed by atoms with Crippen LogP contribution in [0.4, 0.5) is 0 Å². The summed E-state index contributed by atoms with van der Waals surface area (Å²) in [6.45, 7) is 8.10. The fourth-order valence-corrected chi connectivity index (χ4v) is 3.04. The number of thioether (sulfide) groups is 1. The van der Waals surface area contributed by atoms with Gasteiger partial charge >= 0.3 is 0 Å². The van der Waals surface area contributed by atoms with E-state index in [1.807, 2.05) is 50.2 Å². The summed E-state index contributed by atoms with van der Waals surface area (Å²) in [5.74, 6) is 0.523. The van der Waals surface area contributed by atoms with Crippen LogP contribution in [0.3, 0.4) is 0 Å². The van der Waals surface area contributed by atoms with Crippen molar-refractivity contribution in [2.45, 2.75) is 39.3 Å². The monoisotopic (exact) mass is 356 g/mol. The number of aromatic nitrogens is 2. The van der Waals surface area contributed by atoms with Gasteiger partial charge in [-0.3, -0.25) is 4.79 Å². The van der Waals surface area contributed by atoms with Crippen LogP contribution in [0.25, 0.3) is 0 Å². The zero-order valence-corrected chi connectivity index (χ0v) is 15.9. The number of carbonyl (C=O) groups excluding carboxylic acids is 1. The van der Waals surface area contributed by atoms with E-state index in [-0.39, 0.29) is 11.7 Å². The molecule has 2 rings (SSSR count). The van der Waals surface area contributed by atoms with Crippen LogP contribution in [0.2, 0.25) is 0 Å². The Bertz CT molecular complexity index is 724. The molecule has 0 saturated carbocycles. The second-order valence-corrected chi connectivity index (χ2v) is 7.22. The summed E-state index contributed by atoms with van der Waals surface area (Å²) in [6.07, 6.45) is 0.803. The average molecular weight is 356 g/mol. The largest absolute Gasteiger partial charge is 0.272 e. The van der Waals surface area contributed by atoms with E-state index in [2.05, 4.69) is 34.3 Å². The van der Waals surface area contributed by atoms with Gasteiger partial charge in [0, 0.05) is 11.4 Å². The Hall–Kier alpha value is -2.21. The third kappa shape index (κ3) is 6.66. The molecule has 1 aromatic carbocycles. The Morgan fingerprint density at radius 3 is 2.40 bits per heavy atom. The number of nitrogens with zero attached hydrogens (tertiary/aromatic N) is 3. The predicted octanol–water partition coefficient (Wildman–Crippen LogP) is 3.75. The Morgan fingerprint density at radius 2 is 1.80 bits per heavy atom. The van der Waals surface area contributed by atoms with Gasteiger partial charge < -0.3 is 0 Å². The van der Waals surface area contributed by atoms with Crippen LogP contribution in [0.5, 0.6) is 0 Å². The minimum atomic E-state index is -0.162. The molecule has 0 atom stereocenters. The molecule has 1 amide bonds. The highest BCUT2D eigenvalue weighted by atomic mass is 32.2. The van der Waals surface area contributed by atoms with Gasteiger partial charge in [0.1, 0.15) is 0 Å². The van der Waals surface area contributed by atoms with Crippen molar-refractivity contribution in [2.75, 3.05) is 5.75 Å². The molecular weight excluding hydrogens is 332 g/mol. The van der Waals surface area contributed by atoms with Gasteiger partial charge in [0.05, 0.1) is 11.5 Å². The quantitative estimate of drug-likeness (QED) is 0.355. The summed E-state index contributed by atoms with van der Waals surface area (Å²) in [5, 5.41) is 4.96. The normalized spacial score (nSPS) is 11.6. The molecular formula is C19H24N4OS. The van der Waals surface area contributed by atoms with E-state index in [0.29, 0.717) is 11.1 Å². The first-order chi connectivity index (χ1) is 11.9. The molecule has 0 aliphatic rings. The van der Waals surface area contributed by atoms with E-state index in [0.717, 1.165) is 29.1 Å². The number of hydrogen-bond acceptors (Lipinski definition) is 5. The van der Waals surface area contributed by atoms with Gasteiger partial charge in [0.25, 0.3) is 5.91 Å². The molecule has 6 heteroatoms. The molecule has 0 spiro atoms. The second-order valence-electron chi connectivity index (χ2n) is 6.28. The fourth-order valence-electron chi connectivity index (χ4n) is 2.30. The molecule has 0 fully saturated rings. The number of hydrogen-bond donors (Lipinski definition) is 1. The number of nitrogens with one attached hydrogen (secondary N) is 1. The van der Waals surface area contributed by atoms with Gasteiger partial charge in [-0.05, 0) is 37.8 Å². The van der Waals surface area contributed by atoms with Crippen molar-refractivity contribution >= 4 is 23.4 Å². The van der Waals surface area contributed by atoms with Gasteiger partial charge in [0.15, 0.2) is 5.16 Å². The lowest BCUT2D eigenvalue weighted by molar-refractivity contribution is -0.118. The summed E-state index contributed by atoms with van der Waals surface area (Å²) in [4.78, 5) is 20.8. The molecule has 0 aliphatic heterocycles. The number of amides is 1. The first kappa shape index (κ1) is 19.1. The summed E-state index contributed by atoms with van der Waals surface area (Å²) in [7, 11) is 0. The number of aryl methyl sites for hydroxylation is 2. The van der Waals surface area contributed by atoms with E-state index in [1.165, 1.54) is 11.8 Å². The molecule has 132 valence electrons. The van der Waals surface area contributed by atoms with Crippen molar-refractivity contribution < 1.29 is 4.79 Å². The zero-order chi connectivity index (χ0) is 18.2. The van der Waals surface area contributed by atoms with E-state index in [9.17, 15) is 4.79 Å². The van der Waals surface area contributed by atoms with E-state index < -0.39 is 0 Å². The number of benzene rings is 1. The van der Waals surface area contributed by atoms with Crippen molar-refractivity contribution in [1.82, 2.24) is 15.4 Å². The van der Waals surface area contributed by atoms with Crippen molar-refractivity contribution in [2.24, 2.45) is 11.0 Å². The molecule has 0 aliphatic carbocycles. The molecule has 5 nitrogen and oxygen atoms in total. The Kier molecular flexibility index (Phi) is 7.13. The fraction of sp³-hybridized carbons (Fsp3) is 0.368. The summed E-state index contributed by atoms with van der Waals surface area (Å²) >= 11 is 1.31. The van der Waals surface area contributed by atoms with Gasteiger partial charge in [-0.25, -0.2) is 15.4 Å². The van der Waals surface area contributed by atoms with Crippen LogP contribution in [-0.4, -0.2) is 27.3 Å². The maximum atomic E-state index is 12.1. The van der Waals surface area contributed by atoms with E-state index in [4.69, 9.17) is 0 Å². The van der Waals surface area contributed by atoms with Crippen molar-refractivity contribution in [3.8, 4) is 0 Å². The molecule has 1 heterocycles. The highest BCUT2D eigenvalue weighted by Crippen LogP contribution is 2.14. The maximum absolute atomic E-state index is 12.1. The Morgan fingerprint density at radius 1 is 1.16 bits per heavy atom. The lowest BCUT2D eigenvalue weighted by Crippen LogP contribution is -2.22. The summed E-state index contributed by atoms with van der Waals surface area (Å²) in [6, 6.07) is 11.8. The Labute approximate surface area is 153 Å². The smallest absolute Gasteiger partial charge is 0.250 e. The lowest BCUT2D eigenvalue weighted by atomic mass is 10.0. The molecule has 2 aromatic rings. The number of hydrazone groups is 1. The summed E-state index contributed by atoms with van der Waals surface area (Å²) < 4.78 is 0. The minimum absolute atomic E-state index is 0.162. The van der Waals surface area contributed by atoms with Crippen LogP contribution in [0.15, 0.2) is 46.7 Å². The summed E-state index contributed by atoms with van der Waals surface area (Å²) in [5.41, 5.74) is 6.37. The predicted molar refractivity (Wildman–Crippen MR) is 103 cm³/mol. The molecule has 25 heavy (non-hydrogen) atoms. The van der Waals surface area contributed by atoms with Crippen molar-refractivity contribution in [3.63, 3.8) is 0 Å². The van der Waals surface area contributed by atoms with Crippen LogP contribution in [0, 0.1) is 19.8 Å². The topological polar surface area (TPSA) is 67.2 Å². The molecule has 0 radical (unpaired) electrons. The van der Waals surface area contributed by atoms with Crippen LogP contribution >= 0.6 is 11.8 Å². The maximum Gasteiger partial charge on any atom is 0.250 e. The molecule has 0 bridgehead atoms. The van der Waals surface area contributed by atoms with Gasteiger partial charge in [-0.1, -0.05) is 55.9 Å². The third-order valence-corrected chi connectivity index (χ3v) is 4.17. The molecule has 0 unspecified atom stereocenters. The van der Waals surface area contributed by atoms with Gasteiger partial charge in [0.2, 0.25) is 0 Å². The third-order valence-electron chi connectivity index (χ3n) is 3.32. The first-order valence-electron chi connectivity index (χ1n) is 8.30. The second kappa shape index (κ2) is 9.32. The molecule has 1 aromatic heterocycles.